The molecule has 3 aliphatic heterocycles. The summed E-state index contributed by atoms with van der Waals surface area (Å²) in [6.45, 7) is 15.8. The van der Waals surface area contributed by atoms with Crippen molar-refractivity contribution < 1.29 is 9.47 Å². The quantitative estimate of drug-likeness (QED) is 0.488. The fraction of sp³-hybridized carbons (Fsp3) is 0.952. The third-order valence-corrected chi connectivity index (χ3v) is 6.36. The molecule has 3 rings (SSSR count). The van der Waals surface area contributed by atoms with Crippen LogP contribution in [0, 0.1) is 11.8 Å². The lowest BCUT2D eigenvalue weighted by Gasteiger charge is -2.31. The van der Waals surface area contributed by atoms with E-state index in [1.165, 1.54) is 38.9 Å². The fourth-order valence-corrected chi connectivity index (χ4v) is 4.58. The van der Waals surface area contributed by atoms with Gasteiger partial charge in [-0.2, -0.15) is 0 Å². The van der Waals surface area contributed by atoms with Crippen molar-refractivity contribution in [1.29, 1.82) is 0 Å². The highest BCUT2D eigenvalue weighted by molar-refractivity contribution is 5.80. The third-order valence-electron chi connectivity index (χ3n) is 6.36. The maximum atomic E-state index is 5.48. The first-order chi connectivity index (χ1) is 13.8. The van der Waals surface area contributed by atoms with E-state index in [2.05, 4.69) is 26.9 Å². The normalized spacial score (nSPS) is 26.1. The molecule has 0 aromatic rings. The van der Waals surface area contributed by atoms with Gasteiger partial charge in [-0.25, -0.2) is 0 Å². The summed E-state index contributed by atoms with van der Waals surface area (Å²) in [4.78, 5) is 12.6. The van der Waals surface area contributed by atoms with Crippen LogP contribution in [0.3, 0.4) is 0 Å². The molecule has 0 aromatic carbocycles. The first-order valence-electron chi connectivity index (χ1n) is 11.3. The van der Waals surface area contributed by atoms with E-state index in [0.717, 1.165) is 83.4 Å². The highest BCUT2D eigenvalue weighted by Crippen LogP contribution is 2.20. The number of likely N-dealkylation sites (tertiary alicyclic amines) is 2. The van der Waals surface area contributed by atoms with Gasteiger partial charge in [-0.3, -0.25) is 9.89 Å². The van der Waals surface area contributed by atoms with Gasteiger partial charge in [-0.15, -0.1) is 0 Å². The molecule has 1 unspecified atom stereocenters. The number of aliphatic imine (C=N–C) groups is 1. The minimum Gasteiger partial charge on any atom is -0.383 e. The highest BCUT2D eigenvalue weighted by atomic mass is 16.5. The van der Waals surface area contributed by atoms with Gasteiger partial charge >= 0.3 is 0 Å². The summed E-state index contributed by atoms with van der Waals surface area (Å²) < 4.78 is 10.7. The number of morpholine rings is 1. The van der Waals surface area contributed by atoms with Gasteiger partial charge in [-0.05, 0) is 51.1 Å². The Labute approximate surface area is 171 Å². The Morgan fingerprint density at radius 1 is 1.04 bits per heavy atom. The molecule has 162 valence electrons. The average Bonchev–Trinajstić information content (AvgIpc) is 3.19. The number of nitrogens with one attached hydrogen (secondary N) is 1. The Hall–Kier alpha value is -0.890. The van der Waals surface area contributed by atoms with Crippen molar-refractivity contribution in [2.75, 3.05) is 92.4 Å². The Morgan fingerprint density at radius 3 is 2.50 bits per heavy atom. The second-order valence-corrected chi connectivity index (χ2v) is 8.49. The third kappa shape index (κ3) is 6.87. The summed E-state index contributed by atoms with van der Waals surface area (Å²) in [6.07, 6.45) is 3.79. The van der Waals surface area contributed by atoms with E-state index in [-0.39, 0.29) is 0 Å². The van der Waals surface area contributed by atoms with Gasteiger partial charge in [0, 0.05) is 59.5 Å². The van der Waals surface area contributed by atoms with Crippen molar-refractivity contribution in [3.63, 3.8) is 0 Å². The number of piperidine rings is 1. The first-order valence-corrected chi connectivity index (χ1v) is 11.3. The SMILES string of the molecule is CCNC(=NCC1CCN(CCOC)CC1)N1CCC(CN2CCOCC2)C1. The van der Waals surface area contributed by atoms with Crippen LogP contribution < -0.4 is 5.32 Å². The lowest BCUT2D eigenvalue weighted by Crippen LogP contribution is -2.43. The lowest BCUT2D eigenvalue weighted by atomic mass is 9.97. The Morgan fingerprint density at radius 2 is 1.79 bits per heavy atom. The van der Waals surface area contributed by atoms with Crippen LogP contribution in [0.2, 0.25) is 0 Å². The molecule has 3 fully saturated rings. The molecule has 0 radical (unpaired) electrons. The molecule has 7 heteroatoms. The van der Waals surface area contributed by atoms with Crippen LogP contribution in [0.4, 0.5) is 0 Å². The van der Waals surface area contributed by atoms with Crippen molar-refractivity contribution in [3.8, 4) is 0 Å². The molecule has 0 aliphatic carbocycles. The Balaban J connectivity index is 1.42. The van der Waals surface area contributed by atoms with Gasteiger partial charge in [0.15, 0.2) is 5.96 Å². The van der Waals surface area contributed by atoms with E-state index < -0.39 is 0 Å². The maximum Gasteiger partial charge on any atom is 0.193 e. The van der Waals surface area contributed by atoms with Gasteiger partial charge in [0.2, 0.25) is 0 Å². The molecular weight excluding hydrogens is 354 g/mol. The molecule has 0 saturated carbocycles. The molecule has 1 N–H and O–H groups in total. The minimum absolute atomic E-state index is 0.721. The van der Waals surface area contributed by atoms with Crippen molar-refractivity contribution in [2.24, 2.45) is 16.8 Å². The summed E-state index contributed by atoms with van der Waals surface area (Å²) in [5.74, 6) is 2.61. The minimum atomic E-state index is 0.721. The van der Waals surface area contributed by atoms with Crippen molar-refractivity contribution in [2.45, 2.75) is 26.2 Å². The van der Waals surface area contributed by atoms with Crippen molar-refractivity contribution in [1.82, 2.24) is 20.0 Å². The number of rotatable bonds is 8. The van der Waals surface area contributed by atoms with E-state index in [1.807, 2.05) is 0 Å². The number of nitrogens with zero attached hydrogens (tertiary/aromatic N) is 4. The van der Waals surface area contributed by atoms with Gasteiger partial charge < -0.3 is 24.6 Å². The van der Waals surface area contributed by atoms with E-state index in [1.54, 1.807) is 7.11 Å². The largest absolute Gasteiger partial charge is 0.383 e. The smallest absolute Gasteiger partial charge is 0.193 e. The van der Waals surface area contributed by atoms with Crippen LogP contribution in [0.25, 0.3) is 0 Å². The Bertz CT molecular complexity index is 462. The van der Waals surface area contributed by atoms with E-state index in [0.29, 0.717) is 0 Å². The molecule has 3 heterocycles. The molecule has 28 heavy (non-hydrogen) atoms. The summed E-state index contributed by atoms with van der Waals surface area (Å²) in [7, 11) is 1.79. The topological polar surface area (TPSA) is 52.6 Å². The van der Waals surface area contributed by atoms with Crippen LogP contribution in [0.1, 0.15) is 26.2 Å². The molecule has 0 aromatic heterocycles. The first kappa shape index (κ1) is 21.8. The van der Waals surface area contributed by atoms with Gasteiger partial charge in [0.25, 0.3) is 0 Å². The molecule has 0 amide bonds. The highest BCUT2D eigenvalue weighted by Gasteiger charge is 2.27. The number of hydrogen-bond acceptors (Lipinski definition) is 5. The predicted octanol–water partition coefficient (Wildman–Crippen LogP) is 0.964. The molecular formula is C21H41N5O2. The van der Waals surface area contributed by atoms with E-state index >= 15 is 0 Å². The zero-order valence-electron chi connectivity index (χ0n) is 18.1. The summed E-state index contributed by atoms with van der Waals surface area (Å²) in [5.41, 5.74) is 0. The van der Waals surface area contributed by atoms with Crippen LogP contribution in [0.5, 0.6) is 0 Å². The second-order valence-electron chi connectivity index (χ2n) is 8.49. The van der Waals surface area contributed by atoms with Crippen molar-refractivity contribution in [3.05, 3.63) is 0 Å². The maximum absolute atomic E-state index is 5.48. The number of ether oxygens (including phenoxy) is 2. The number of hydrogen-bond donors (Lipinski definition) is 1. The zero-order valence-corrected chi connectivity index (χ0v) is 18.1. The van der Waals surface area contributed by atoms with Crippen LogP contribution in [-0.4, -0.2) is 113 Å². The molecule has 1 atom stereocenters. The molecule has 0 spiro atoms. The molecule has 7 nitrogen and oxygen atoms in total. The van der Waals surface area contributed by atoms with Crippen LogP contribution in [-0.2, 0) is 9.47 Å². The fourth-order valence-electron chi connectivity index (χ4n) is 4.58. The number of guanidine groups is 1. The second kappa shape index (κ2) is 12.0. The summed E-state index contributed by atoms with van der Waals surface area (Å²) in [6, 6.07) is 0. The van der Waals surface area contributed by atoms with E-state index in [4.69, 9.17) is 14.5 Å². The standard InChI is InChI=1S/C21H41N5O2/c1-3-22-21(23-16-19-4-7-24(8-5-19)10-13-27-2)26-9-6-20(18-26)17-25-11-14-28-15-12-25/h19-20H,3-18H2,1-2H3,(H,22,23). The summed E-state index contributed by atoms with van der Waals surface area (Å²) in [5, 5.41) is 3.54. The lowest BCUT2D eigenvalue weighted by molar-refractivity contribution is 0.0315. The molecule has 3 saturated heterocycles. The van der Waals surface area contributed by atoms with Crippen molar-refractivity contribution >= 4 is 5.96 Å². The number of methoxy groups -OCH3 is 1. The van der Waals surface area contributed by atoms with Crippen LogP contribution >= 0.6 is 0 Å². The van der Waals surface area contributed by atoms with Gasteiger partial charge in [0.1, 0.15) is 0 Å². The van der Waals surface area contributed by atoms with Gasteiger partial charge in [0.05, 0.1) is 19.8 Å². The van der Waals surface area contributed by atoms with E-state index in [9.17, 15) is 0 Å². The van der Waals surface area contributed by atoms with Crippen LogP contribution in [0.15, 0.2) is 4.99 Å². The molecule has 3 aliphatic rings. The predicted molar refractivity (Wildman–Crippen MR) is 114 cm³/mol. The monoisotopic (exact) mass is 395 g/mol. The molecule has 0 bridgehead atoms. The van der Waals surface area contributed by atoms with Gasteiger partial charge in [-0.1, -0.05) is 0 Å². The average molecular weight is 396 g/mol. The Kier molecular flexibility index (Phi) is 9.31. The summed E-state index contributed by atoms with van der Waals surface area (Å²) >= 11 is 0. The zero-order chi connectivity index (χ0) is 19.6.